The van der Waals surface area contributed by atoms with E-state index in [-0.39, 0.29) is 0 Å². The van der Waals surface area contributed by atoms with Crippen LogP contribution in [0.2, 0.25) is 0 Å². The molecule has 1 fully saturated rings. The second kappa shape index (κ2) is 5.13. The fraction of sp³-hybridized carbons (Fsp3) is 0.714. The molecule has 1 aromatic heterocycles. The third-order valence-electron chi connectivity index (χ3n) is 3.60. The van der Waals surface area contributed by atoms with Crippen LogP contribution in [0.3, 0.4) is 0 Å². The van der Waals surface area contributed by atoms with Gasteiger partial charge in [-0.25, -0.2) is 9.97 Å². The zero-order valence-electron chi connectivity index (χ0n) is 11.1. The summed E-state index contributed by atoms with van der Waals surface area (Å²) in [5, 5.41) is 3.63. The third kappa shape index (κ3) is 3.77. The van der Waals surface area contributed by atoms with E-state index in [9.17, 15) is 0 Å². The van der Waals surface area contributed by atoms with Crippen molar-refractivity contribution in [2.45, 2.75) is 52.6 Å². The standard InChI is InChI=1S/C14H23N3/c1-11-6-13(8-14(2,3)7-11)16-9-12-4-5-15-10-17-12/h4-5,10-11,13,16H,6-9H2,1-3H3. The first-order chi connectivity index (χ1) is 8.05. The molecule has 0 amide bonds. The smallest absolute Gasteiger partial charge is 0.115 e. The van der Waals surface area contributed by atoms with Crippen molar-refractivity contribution in [2.24, 2.45) is 11.3 Å². The van der Waals surface area contributed by atoms with Crippen LogP contribution in [0, 0.1) is 11.3 Å². The predicted octanol–water partition coefficient (Wildman–Crippen LogP) is 2.78. The summed E-state index contributed by atoms with van der Waals surface area (Å²) in [4.78, 5) is 8.18. The SMILES string of the molecule is CC1CC(NCc2ccncn2)CC(C)(C)C1. The van der Waals surface area contributed by atoms with Gasteiger partial charge in [-0.05, 0) is 36.7 Å². The molecule has 3 nitrogen and oxygen atoms in total. The summed E-state index contributed by atoms with van der Waals surface area (Å²) < 4.78 is 0. The van der Waals surface area contributed by atoms with E-state index in [1.165, 1.54) is 19.3 Å². The average Bonchev–Trinajstić information content (AvgIpc) is 2.25. The Bertz CT molecular complexity index is 348. The zero-order valence-corrected chi connectivity index (χ0v) is 11.1. The third-order valence-corrected chi connectivity index (χ3v) is 3.60. The van der Waals surface area contributed by atoms with Gasteiger partial charge >= 0.3 is 0 Å². The first kappa shape index (κ1) is 12.5. The Morgan fingerprint density at radius 2 is 2.24 bits per heavy atom. The van der Waals surface area contributed by atoms with Gasteiger partial charge in [-0.2, -0.15) is 0 Å². The van der Waals surface area contributed by atoms with Crippen LogP contribution in [0.5, 0.6) is 0 Å². The van der Waals surface area contributed by atoms with Gasteiger partial charge in [-0.15, -0.1) is 0 Å². The van der Waals surface area contributed by atoms with Crippen LogP contribution in [-0.2, 0) is 6.54 Å². The molecule has 17 heavy (non-hydrogen) atoms. The van der Waals surface area contributed by atoms with E-state index in [4.69, 9.17) is 0 Å². The van der Waals surface area contributed by atoms with Gasteiger partial charge in [0, 0.05) is 18.8 Å². The summed E-state index contributed by atoms with van der Waals surface area (Å²) in [6.07, 6.45) is 7.32. The van der Waals surface area contributed by atoms with Crippen molar-refractivity contribution in [2.75, 3.05) is 0 Å². The molecule has 94 valence electrons. The number of hydrogen-bond acceptors (Lipinski definition) is 3. The van der Waals surface area contributed by atoms with Crippen molar-refractivity contribution >= 4 is 0 Å². The van der Waals surface area contributed by atoms with E-state index in [2.05, 4.69) is 36.1 Å². The molecule has 0 radical (unpaired) electrons. The van der Waals surface area contributed by atoms with Crippen LogP contribution >= 0.6 is 0 Å². The van der Waals surface area contributed by atoms with Crippen LogP contribution in [0.15, 0.2) is 18.6 Å². The molecular weight excluding hydrogens is 210 g/mol. The summed E-state index contributed by atoms with van der Waals surface area (Å²) >= 11 is 0. The topological polar surface area (TPSA) is 37.8 Å². The predicted molar refractivity (Wildman–Crippen MR) is 69.5 cm³/mol. The van der Waals surface area contributed by atoms with Gasteiger partial charge < -0.3 is 5.32 Å². The minimum Gasteiger partial charge on any atom is -0.308 e. The molecule has 1 aliphatic carbocycles. The van der Waals surface area contributed by atoms with Gasteiger partial charge in [0.2, 0.25) is 0 Å². The zero-order chi connectivity index (χ0) is 12.3. The Morgan fingerprint density at radius 3 is 2.88 bits per heavy atom. The van der Waals surface area contributed by atoms with Gasteiger partial charge in [-0.3, -0.25) is 0 Å². The fourth-order valence-electron chi connectivity index (χ4n) is 3.17. The fourth-order valence-corrected chi connectivity index (χ4v) is 3.17. The molecule has 1 aliphatic rings. The van der Waals surface area contributed by atoms with Gasteiger partial charge in [-0.1, -0.05) is 20.8 Å². The Morgan fingerprint density at radius 1 is 1.41 bits per heavy atom. The maximum Gasteiger partial charge on any atom is 0.115 e. The summed E-state index contributed by atoms with van der Waals surface area (Å²) in [7, 11) is 0. The average molecular weight is 233 g/mol. The molecule has 2 atom stereocenters. The molecule has 1 saturated carbocycles. The molecule has 0 spiro atoms. The molecule has 0 aliphatic heterocycles. The number of nitrogens with one attached hydrogen (secondary N) is 1. The van der Waals surface area contributed by atoms with Crippen molar-refractivity contribution in [3.63, 3.8) is 0 Å². The van der Waals surface area contributed by atoms with Crippen LogP contribution in [-0.4, -0.2) is 16.0 Å². The number of rotatable bonds is 3. The first-order valence-corrected chi connectivity index (χ1v) is 6.53. The summed E-state index contributed by atoms with van der Waals surface area (Å²) in [5.74, 6) is 0.821. The lowest BCUT2D eigenvalue weighted by molar-refractivity contribution is 0.150. The van der Waals surface area contributed by atoms with Crippen molar-refractivity contribution in [1.82, 2.24) is 15.3 Å². The number of hydrogen-bond donors (Lipinski definition) is 1. The molecule has 1 aromatic rings. The maximum absolute atomic E-state index is 4.24. The molecular formula is C14H23N3. The van der Waals surface area contributed by atoms with Crippen molar-refractivity contribution in [1.29, 1.82) is 0 Å². The van der Waals surface area contributed by atoms with E-state index in [0.29, 0.717) is 11.5 Å². The molecule has 0 bridgehead atoms. The van der Waals surface area contributed by atoms with Crippen molar-refractivity contribution in [3.8, 4) is 0 Å². The first-order valence-electron chi connectivity index (χ1n) is 6.53. The van der Waals surface area contributed by atoms with E-state index in [1.807, 2.05) is 6.07 Å². The van der Waals surface area contributed by atoms with Crippen LogP contribution in [0.25, 0.3) is 0 Å². The number of aromatic nitrogens is 2. The molecule has 0 saturated heterocycles. The number of nitrogens with zero attached hydrogens (tertiary/aromatic N) is 2. The maximum atomic E-state index is 4.24. The van der Waals surface area contributed by atoms with Gasteiger partial charge in [0.05, 0.1) is 5.69 Å². The highest BCUT2D eigenvalue weighted by Crippen LogP contribution is 2.38. The second-order valence-electron chi connectivity index (χ2n) is 6.19. The van der Waals surface area contributed by atoms with Gasteiger partial charge in [0.1, 0.15) is 6.33 Å². The molecule has 0 aromatic carbocycles. The van der Waals surface area contributed by atoms with Crippen molar-refractivity contribution in [3.05, 3.63) is 24.3 Å². The van der Waals surface area contributed by atoms with Crippen molar-refractivity contribution < 1.29 is 0 Å². The molecule has 2 unspecified atom stereocenters. The van der Waals surface area contributed by atoms with E-state index < -0.39 is 0 Å². The monoisotopic (exact) mass is 233 g/mol. The van der Waals surface area contributed by atoms with E-state index >= 15 is 0 Å². The lowest BCUT2D eigenvalue weighted by Crippen LogP contribution is -2.39. The highest BCUT2D eigenvalue weighted by Gasteiger charge is 2.31. The summed E-state index contributed by atoms with van der Waals surface area (Å²) in [5.41, 5.74) is 1.55. The summed E-state index contributed by atoms with van der Waals surface area (Å²) in [6.45, 7) is 7.97. The lowest BCUT2D eigenvalue weighted by Gasteiger charge is -2.39. The minimum atomic E-state index is 0.473. The van der Waals surface area contributed by atoms with Crippen LogP contribution < -0.4 is 5.32 Å². The van der Waals surface area contributed by atoms with E-state index in [0.717, 1.165) is 18.2 Å². The highest BCUT2D eigenvalue weighted by atomic mass is 14.9. The Hall–Kier alpha value is -0.960. The minimum absolute atomic E-state index is 0.473. The molecule has 1 heterocycles. The lowest BCUT2D eigenvalue weighted by atomic mass is 9.70. The van der Waals surface area contributed by atoms with Crippen LogP contribution in [0.1, 0.15) is 45.7 Å². The molecule has 2 rings (SSSR count). The second-order valence-corrected chi connectivity index (χ2v) is 6.19. The highest BCUT2D eigenvalue weighted by molar-refractivity contribution is 4.98. The van der Waals surface area contributed by atoms with Crippen LogP contribution in [0.4, 0.5) is 0 Å². The van der Waals surface area contributed by atoms with Gasteiger partial charge in [0.25, 0.3) is 0 Å². The molecule has 1 N–H and O–H groups in total. The summed E-state index contributed by atoms with van der Waals surface area (Å²) in [6, 6.07) is 2.61. The Labute approximate surface area is 104 Å². The Kier molecular flexibility index (Phi) is 3.77. The van der Waals surface area contributed by atoms with E-state index in [1.54, 1.807) is 12.5 Å². The normalized spacial score (nSPS) is 27.9. The molecule has 3 heteroatoms. The van der Waals surface area contributed by atoms with Gasteiger partial charge in [0.15, 0.2) is 0 Å². The Balaban J connectivity index is 1.87. The largest absolute Gasteiger partial charge is 0.308 e. The quantitative estimate of drug-likeness (QED) is 0.872.